The quantitative estimate of drug-likeness (QED) is 0.527. The fourth-order valence-electron chi connectivity index (χ4n) is 1.46. The van der Waals surface area contributed by atoms with Gasteiger partial charge in [0, 0.05) is 4.47 Å². The Kier molecular flexibility index (Phi) is 4.39. The molecule has 0 unspecified atom stereocenters. The van der Waals surface area contributed by atoms with Crippen LogP contribution in [0.2, 0.25) is 5.15 Å². The second-order valence-electron chi connectivity index (χ2n) is 3.56. The zero-order chi connectivity index (χ0) is 13.3. The second kappa shape index (κ2) is 5.66. The van der Waals surface area contributed by atoms with Crippen LogP contribution >= 0.6 is 50.1 Å². The van der Waals surface area contributed by atoms with E-state index in [0.29, 0.717) is 13.6 Å². The topological polar surface area (TPSA) is 34.9 Å². The highest BCUT2D eigenvalue weighted by Crippen LogP contribution is 2.16. The minimum Gasteiger partial charge on any atom is -0.294 e. The van der Waals surface area contributed by atoms with Gasteiger partial charge in [0.1, 0.15) is 14.5 Å². The molecule has 1 aromatic carbocycles. The number of hydrogen-bond donors (Lipinski definition) is 0. The molecule has 0 atom stereocenters. The molecule has 0 fully saturated rings. The number of hydrogen-bond acceptors (Lipinski definition) is 2. The Hall–Kier alpha value is -0.470. The van der Waals surface area contributed by atoms with E-state index in [1.807, 2.05) is 22.6 Å². The molecule has 0 N–H and O–H groups in total. The van der Waals surface area contributed by atoms with Gasteiger partial charge in [-0.15, -0.1) is 0 Å². The van der Waals surface area contributed by atoms with Crippen LogP contribution in [0.5, 0.6) is 0 Å². The van der Waals surface area contributed by atoms with Crippen molar-refractivity contribution in [1.82, 2.24) is 9.55 Å². The Bertz CT molecular complexity index is 642. The third kappa shape index (κ3) is 3.10. The van der Waals surface area contributed by atoms with Crippen molar-refractivity contribution in [2.24, 2.45) is 0 Å². The van der Waals surface area contributed by atoms with E-state index in [4.69, 9.17) is 11.6 Å². The lowest BCUT2D eigenvalue weighted by atomic mass is 10.2. The van der Waals surface area contributed by atoms with Crippen molar-refractivity contribution in [1.29, 1.82) is 0 Å². The molecule has 0 radical (unpaired) electrons. The number of nitrogens with zero attached hydrogens (tertiary/aromatic N) is 2. The summed E-state index contributed by atoms with van der Waals surface area (Å²) in [5.41, 5.74) is 0.430. The molecule has 0 aliphatic rings. The molecule has 1 heterocycles. The lowest BCUT2D eigenvalue weighted by Gasteiger charge is -2.07. The standard InChI is InChI=1S/C11H6BrClFIN2O/c12-7-1-6(2-8(14)3-7)4-17-5-16-10(13)9(15)11(17)18/h1-3,5H,4H2. The Morgan fingerprint density at radius 2 is 2.17 bits per heavy atom. The largest absolute Gasteiger partial charge is 0.294 e. The molecule has 94 valence electrons. The molecule has 0 spiro atoms. The van der Waals surface area contributed by atoms with Crippen LogP contribution < -0.4 is 5.56 Å². The molecule has 0 bridgehead atoms. The lowest BCUT2D eigenvalue weighted by Crippen LogP contribution is -2.23. The third-order valence-corrected chi connectivity index (χ3v) is 4.25. The molecule has 1 aromatic heterocycles. The summed E-state index contributed by atoms with van der Waals surface area (Å²) in [6, 6.07) is 4.48. The van der Waals surface area contributed by atoms with Crippen molar-refractivity contribution in [3.05, 3.63) is 59.5 Å². The van der Waals surface area contributed by atoms with Crippen molar-refractivity contribution >= 4 is 50.1 Å². The van der Waals surface area contributed by atoms with E-state index in [0.717, 1.165) is 0 Å². The minimum absolute atomic E-state index is 0.178. The van der Waals surface area contributed by atoms with Crippen LogP contribution in [0.25, 0.3) is 0 Å². The fourth-order valence-corrected chi connectivity index (χ4v) is 2.54. The van der Waals surface area contributed by atoms with E-state index in [1.165, 1.54) is 23.0 Å². The summed E-state index contributed by atoms with van der Waals surface area (Å²) >= 11 is 10.8. The lowest BCUT2D eigenvalue weighted by molar-refractivity contribution is 0.621. The highest BCUT2D eigenvalue weighted by atomic mass is 127. The van der Waals surface area contributed by atoms with Crippen LogP contribution in [0.15, 0.2) is 33.8 Å². The van der Waals surface area contributed by atoms with Crippen molar-refractivity contribution < 1.29 is 4.39 Å². The smallest absolute Gasteiger partial charge is 0.268 e. The highest BCUT2D eigenvalue weighted by molar-refractivity contribution is 14.1. The van der Waals surface area contributed by atoms with E-state index < -0.39 is 0 Å². The van der Waals surface area contributed by atoms with Gasteiger partial charge in [-0.2, -0.15) is 0 Å². The van der Waals surface area contributed by atoms with E-state index in [-0.39, 0.29) is 23.1 Å². The van der Waals surface area contributed by atoms with Crippen LogP contribution in [0, 0.1) is 9.39 Å². The average molecular weight is 443 g/mol. The van der Waals surface area contributed by atoms with Crippen molar-refractivity contribution in [2.75, 3.05) is 0 Å². The maximum Gasteiger partial charge on any atom is 0.268 e. The first-order chi connectivity index (χ1) is 8.47. The molecule has 7 heteroatoms. The number of aromatic nitrogens is 2. The normalized spacial score (nSPS) is 10.7. The first kappa shape index (κ1) is 14.0. The van der Waals surface area contributed by atoms with Gasteiger partial charge >= 0.3 is 0 Å². The monoisotopic (exact) mass is 442 g/mol. The van der Waals surface area contributed by atoms with Crippen LogP contribution in [-0.4, -0.2) is 9.55 Å². The van der Waals surface area contributed by atoms with Gasteiger partial charge in [-0.05, 0) is 46.4 Å². The average Bonchev–Trinajstić information content (AvgIpc) is 2.29. The Balaban J connectivity index is 2.40. The van der Waals surface area contributed by atoms with Gasteiger partial charge in [0.15, 0.2) is 0 Å². The molecule has 0 saturated heterocycles. The molecule has 18 heavy (non-hydrogen) atoms. The summed E-state index contributed by atoms with van der Waals surface area (Å²) in [6.45, 7) is 0.245. The number of halogens is 4. The van der Waals surface area contributed by atoms with E-state index in [2.05, 4.69) is 20.9 Å². The third-order valence-electron chi connectivity index (χ3n) is 2.22. The van der Waals surface area contributed by atoms with Gasteiger partial charge in [0.25, 0.3) is 5.56 Å². The zero-order valence-corrected chi connectivity index (χ0v) is 13.3. The van der Waals surface area contributed by atoms with Gasteiger partial charge in [-0.1, -0.05) is 27.5 Å². The van der Waals surface area contributed by atoms with Crippen LogP contribution in [-0.2, 0) is 6.54 Å². The fraction of sp³-hybridized carbons (Fsp3) is 0.0909. The van der Waals surface area contributed by atoms with Crippen molar-refractivity contribution in [2.45, 2.75) is 6.54 Å². The maximum atomic E-state index is 13.2. The minimum atomic E-state index is -0.357. The van der Waals surface area contributed by atoms with Crippen molar-refractivity contribution in [3.8, 4) is 0 Å². The summed E-state index contributed by atoms with van der Waals surface area (Å²) in [6.07, 6.45) is 1.35. The van der Waals surface area contributed by atoms with E-state index in [1.54, 1.807) is 6.07 Å². The van der Waals surface area contributed by atoms with Gasteiger partial charge in [-0.3, -0.25) is 9.36 Å². The highest BCUT2D eigenvalue weighted by Gasteiger charge is 2.08. The van der Waals surface area contributed by atoms with E-state index >= 15 is 0 Å². The van der Waals surface area contributed by atoms with Gasteiger partial charge in [0.05, 0.1) is 12.9 Å². The second-order valence-corrected chi connectivity index (χ2v) is 5.91. The van der Waals surface area contributed by atoms with Crippen LogP contribution in [0.4, 0.5) is 4.39 Å². The molecular weight excluding hydrogens is 437 g/mol. The Labute approximate surface area is 129 Å². The molecule has 0 amide bonds. The first-order valence-corrected chi connectivity index (χ1v) is 7.08. The molecule has 2 aromatic rings. The first-order valence-electron chi connectivity index (χ1n) is 4.83. The Morgan fingerprint density at radius 3 is 2.83 bits per heavy atom. The van der Waals surface area contributed by atoms with E-state index in [9.17, 15) is 9.18 Å². The maximum absolute atomic E-state index is 13.2. The van der Waals surface area contributed by atoms with Gasteiger partial charge < -0.3 is 0 Å². The molecule has 0 saturated carbocycles. The van der Waals surface area contributed by atoms with Gasteiger partial charge in [0.2, 0.25) is 0 Å². The predicted octanol–water partition coefficient (Wildman–Crippen LogP) is 3.45. The zero-order valence-electron chi connectivity index (χ0n) is 8.83. The van der Waals surface area contributed by atoms with Crippen molar-refractivity contribution in [3.63, 3.8) is 0 Å². The predicted molar refractivity (Wildman–Crippen MR) is 79.4 cm³/mol. The molecule has 0 aliphatic heterocycles. The molecular formula is C11H6BrClFIN2O. The summed E-state index contributed by atoms with van der Waals surface area (Å²) < 4.78 is 15.6. The summed E-state index contributed by atoms with van der Waals surface area (Å²) in [5.74, 6) is -0.357. The van der Waals surface area contributed by atoms with Crippen LogP contribution in [0.3, 0.4) is 0 Å². The number of benzene rings is 1. The van der Waals surface area contributed by atoms with Gasteiger partial charge in [-0.25, -0.2) is 9.37 Å². The Morgan fingerprint density at radius 1 is 1.44 bits per heavy atom. The molecule has 2 rings (SSSR count). The summed E-state index contributed by atoms with van der Waals surface area (Å²) in [4.78, 5) is 15.8. The summed E-state index contributed by atoms with van der Waals surface area (Å²) in [7, 11) is 0. The number of rotatable bonds is 2. The molecule has 0 aliphatic carbocycles. The summed E-state index contributed by atoms with van der Waals surface area (Å²) in [5, 5.41) is 0.178. The molecule has 3 nitrogen and oxygen atoms in total. The SMILES string of the molecule is O=c1c(I)c(Cl)ncn1Cc1cc(F)cc(Br)c1. The van der Waals surface area contributed by atoms with Crippen LogP contribution in [0.1, 0.15) is 5.56 Å².